The van der Waals surface area contributed by atoms with E-state index in [1.165, 1.54) is 4.90 Å². The molecule has 0 spiro atoms. The van der Waals surface area contributed by atoms with Crippen molar-refractivity contribution in [2.45, 2.75) is 39.2 Å². The first-order valence-corrected chi connectivity index (χ1v) is 8.34. The second-order valence-corrected chi connectivity index (χ2v) is 5.95. The molecule has 2 rings (SSSR count). The molecule has 1 N–H and O–H groups in total. The minimum atomic E-state index is -0.819. The number of aryl methyl sites for hydroxylation is 1. The van der Waals surface area contributed by atoms with Gasteiger partial charge in [0.15, 0.2) is 0 Å². The molecule has 1 aliphatic rings. The highest BCUT2D eigenvalue weighted by Gasteiger charge is 2.35. The van der Waals surface area contributed by atoms with Crippen LogP contribution in [0.3, 0.4) is 0 Å². The maximum atomic E-state index is 12.7. The molecule has 0 radical (unpaired) electrons. The number of unbranched alkanes of at least 4 members (excludes halogenated alkanes) is 1. The highest BCUT2D eigenvalue weighted by Crippen LogP contribution is 2.15. The summed E-state index contributed by atoms with van der Waals surface area (Å²) in [7, 11) is 0. The number of hydrogen-bond acceptors (Lipinski definition) is 4. The SMILES string of the molecule is CCCCOC(=O)CC1C(=O)NCCN1C(=O)c1cccc(C)c1. The van der Waals surface area contributed by atoms with Gasteiger partial charge in [0.05, 0.1) is 13.0 Å². The Kier molecular flexibility index (Phi) is 6.35. The van der Waals surface area contributed by atoms with Gasteiger partial charge < -0.3 is 15.0 Å². The highest BCUT2D eigenvalue weighted by atomic mass is 16.5. The molecule has 1 unspecified atom stereocenters. The summed E-state index contributed by atoms with van der Waals surface area (Å²) in [5.41, 5.74) is 1.49. The quantitative estimate of drug-likeness (QED) is 0.635. The standard InChI is InChI=1S/C18H24N2O4/c1-3-4-10-24-16(21)12-15-17(22)19-8-9-20(15)18(23)14-7-5-6-13(2)11-14/h5-7,11,15H,3-4,8-10,12H2,1-2H3,(H,19,22). The van der Waals surface area contributed by atoms with Crippen molar-refractivity contribution in [3.8, 4) is 0 Å². The number of rotatable bonds is 6. The lowest BCUT2D eigenvalue weighted by atomic mass is 10.1. The number of hydrogen-bond donors (Lipinski definition) is 1. The predicted molar refractivity (Wildman–Crippen MR) is 89.5 cm³/mol. The lowest BCUT2D eigenvalue weighted by molar-refractivity contribution is -0.147. The van der Waals surface area contributed by atoms with Crippen LogP contribution in [0.4, 0.5) is 0 Å². The first-order valence-electron chi connectivity index (χ1n) is 8.34. The van der Waals surface area contributed by atoms with E-state index >= 15 is 0 Å². The maximum absolute atomic E-state index is 12.7. The third-order valence-electron chi connectivity index (χ3n) is 3.98. The van der Waals surface area contributed by atoms with E-state index in [2.05, 4.69) is 5.32 Å². The average molecular weight is 332 g/mol. The molecule has 2 amide bonds. The van der Waals surface area contributed by atoms with Gasteiger partial charge in [-0.15, -0.1) is 0 Å². The summed E-state index contributed by atoms with van der Waals surface area (Å²) in [5.74, 6) is -0.998. The number of carbonyl (C=O) groups is 3. The smallest absolute Gasteiger partial charge is 0.308 e. The number of carbonyl (C=O) groups excluding carboxylic acids is 3. The molecule has 0 bridgehead atoms. The summed E-state index contributed by atoms with van der Waals surface area (Å²) in [5, 5.41) is 2.71. The summed E-state index contributed by atoms with van der Waals surface area (Å²) in [6.45, 7) is 5.02. The maximum Gasteiger partial charge on any atom is 0.308 e. The van der Waals surface area contributed by atoms with Crippen molar-refractivity contribution in [2.75, 3.05) is 19.7 Å². The van der Waals surface area contributed by atoms with Crippen molar-refractivity contribution in [1.29, 1.82) is 0 Å². The number of amides is 2. The van der Waals surface area contributed by atoms with Crippen molar-refractivity contribution in [1.82, 2.24) is 10.2 Å². The summed E-state index contributed by atoms with van der Waals surface area (Å²) in [4.78, 5) is 38.3. The van der Waals surface area contributed by atoms with E-state index in [9.17, 15) is 14.4 Å². The summed E-state index contributed by atoms with van der Waals surface area (Å²) in [6.07, 6.45) is 1.59. The van der Waals surface area contributed by atoms with Gasteiger partial charge in [0.25, 0.3) is 5.91 Å². The number of benzene rings is 1. The van der Waals surface area contributed by atoms with Crippen LogP contribution in [0.1, 0.15) is 42.1 Å². The summed E-state index contributed by atoms with van der Waals surface area (Å²) < 4.78 is 5.13. The van der Waals surface area contributed by atoms with Crippen LogP contribution in [0, 0.1) is 6.92 Å². The fourth-order valence-corrected chi connectivity index (χ4v) is 2.65. The minimum absolute atomic E-state index is 0.118. The Morgan fingerprint density at radius 1 is 1.38 bits per heavy atom. The van der Waals surface area contributed by atoms with E-state index in [0.29, 0.717) is 25.3 Å². The zero-order valence-corrected chi connectivity index (χ0v) is 14.2. The van der Waals surface area contributed by atoms with E-state index in [1.54, 1.807) is 18.2 Å². The molecule has 24 heavy (non-hydrogen) atoms. The molecular formula is C18H24N2O4. The second-order valence-electron chi connectivity index (χ2n) is 5.95. The van der Waals surface area contributed by atoms with Crippen LogP contribution in [-0.4, -0.2) is 48.4 Å². The molecule has 1 heterocycles. The monoisotopic (exact) mass is 332 g/mol. The van der Waals surface area contributed by atoms with Gasteiger partial charge in [0.2, 0.25) is 5.91 Å². The number of ether oxygens (including phenoxy) is 1. The van der Waals surface area contributed by atoms with Gasteiger partial charge in [-0.1, -0.05) is 31.0 Å². The van der Waals surface area contributed by atoms with Crippen molar-refractivity contribution in [2.24, 2.45) is 0 Å². The van der Waals surface area contributed by atoms with Crippen LogP contribution in [0.15, 0.2) is 24.3 Å². The molecule has 1 aliphatic heterocycles. The van der Waals surface area contributed by atoms with Crippen LogP contribution in [0.2, 0.25) is 0 Å². The third-order valence-corrected chi connectivity index (χ3v) is 3.98. The lowest BCUT2D eigenvalue weighted by Gasteiger charge is -2.34. The molecule has 1 aromatic carbocycles. The molecule has 1 saturated heterocycles. The Morgan fingerprint density at radius 2 is 2.17 bits per heavy atom. The van der Waals surface area contributed by atoms with Crippen molar-refractivity contribution >= 4 is 17.8 Å². The molecule has 1 atom stereocenters. The largest absolute Gasteiger partial charge is 0.466 e. The number of nitrogens with one attached hydrogen (secondary N) is 1. The zero-order chi connectivity index (χ0) is 17.5. The van der Waals surface area contributed by atoms with E-state index in [1.807, 2.05) is 19.9 Å². The van der Waals surface area contributed by atoms with E-state index in [4.69, 9.17) is 4.74 Å². The second kappa shape index (κ2) is 8.47. The van der Waals surface area contributed by atoms with Gasteiger partial charge in [0.1, 0.15) is 6.04 Å². The van der Waals surface area contributed by atoms with Gasteiger partial charge >= 0.3 is 5.97 Å². The van der Waals surface area contributed by atoms with Gasteiger partial charge in [-0.3, -0.25) is 14.4 Å². The highest BCUT2D eigenvalue weighted by molar-refractivity contribution is 5.99. The Morgan fingerprint density at radius 3 is 2.88 bits per heavy atom. The van der Waals surface area contributed by atoms with Crippen LogP contribution in [-0.2, 0) is 14.3 Å². The zero-order valence-electron chi connectivity index (χ0n) is 14.2. The molecular weight excluding hydrogens is 308 g/mol. The normalized spacial score (nSPS) is 17.3. The molecule has 0 saturated carbocycles. The fraction of sp³-hybridized carbons (Fsp3) is 0.500. The topological polar surface area (TPSA) is 75.7 Å². The number of piperazine rings is 1. The van der Waals surface area contributed by atoms with Gasteiger partial charge in [-0.2, -0.15) is 0 Å². The van der Waals surface area contributed by atoms with E-state index < -0.39 is 12.0 Å². The van der Waals surface area contributed by atoms with Crippen LogP contribution in [0.25, 0.3) is 0 Å². The molecule has 0 aliphatic carbocycles. The van der Waals surface area contributed by atoms with Crippen LogP contribution < -0.4 is 5.32 Å². The predicted octanol–water partition coefficient (Wildman–Crippen LogP) is 1.67. The Hall–Kier alpha value is -2.37. The lowest BCUT2D eigenvalue weighted by Crippen LogP contribution is -2.57. The average Bonchev–Trinajstić information content (AvgIpc) is 2.56. The first-order chi connectivity index (χ1) is 11.5. The Bertz CT molecular complexity index is 615. The Labute approximate surface area is 142 Å². The molecule has 6 nitrogen and oxygen atoms in total. The summed E-state index contributed by atoms with van der Waals surface area (Å²) >= 11 is 0. The fourth-order valence-electron chi connectivity index (χ4n) is 2.65. The van der Waals surface area contributed by atoms with Gasteiger partial charge in [-0.25, -0.2) is 0 Å². The number of nitrogens with zero attached hydrogens (tertiary/aromatic N) is 1. The molecule has 0 aromatic heterocycles. The molecule has 1 aromatic rings. The van der Waals surface area contributed by atoms with Crippen molar-refractivity contribution in [3.05, 3.63) is 35.4 Å². The van der Waals surface area contributed by atoms with E-state index in [0.717, 1.165) is 18.4 Å². The Balaban J connectivity index is 2.09. The van der Waals surface area contributed by atoms with Crippen LogP contribution in [0.5, 0.6) is 0 Å². The van der Waals surface area contributed by atoms with Crippen molar-refractivity contribution < 1.29 is 19.1 Å². The summed E-state index contributed by atoms with van der Waals surface area (Å²) in [6, 6.07) is 6.40. The molecule has 6 heteroatoms. The van der Waals surface area contributed by atoms with E-state index in [-0.39, 0.29) is 18.2 Å². The number of esters is 1. The molecule has 130 valence electrons. The third kappa shape index (κ3) is 4.57. The minimum Gasteiger partial charge on any atom is -0.466 e. The first kappa shape index (κ1) is 18.0. The van der Waals surface area contributed by atoms with Crippen LogP contribution >= 0.6 is 0 Å². The van der Waals surface area contributed by atoms with Crippen molar-refractivity contribution in [3.63, 3.8) is 0 Å². The van der Waals surface area contributed by atoms with Gasteiger partial charge in [0, 0.05) is 18.7 Å². The van der Waals surface area contributed by atoms with Gasteiger partial charge in [-0.05, 0) is 25.5 Å². The molecule has 1 fully saturated rings.